The standard InChI is InChI=1S/C15H19N3OS/c1-20-10-6-14(18-8-2-3-9-18)15(19)17-12-13-5-4-7-16-11-13/h2-5,7-9,11,14H,6,10,12H2,1H3,(H,17,19)/t14-/m0/s1. The van der Waals surface area contributed by atoms with Crippen LogP contribution in [0.1, 0.15) is 18.0 Å². The number of aromatic nitrogens is 2. The van der Waals surface area contributed by atoms with E-state index in [1.807, 2.05) is 41.2 Å². The van der Waals surface area contributed by atoms with Crippen LogP contribution in [0.3, 0.4) is 0 Å². The van der Waals surface area contributed by atoms with Crippen molar-refractivity contribution in [3.05, 3.63) is 54.6 Å². The minimum Gasteiger partial charge on any atom is -0.350 e. The van der Waals surface area contributed by atoms with Crippen molar-refractivity contribution < 1.29 is 4.79 Å². The third-order valence-corrected chi connectivity index (χ3v) is 3.72. The first-order valence-electron chi connectivity index (χ1n) is 6.59. The molecule has 1 atom stereocenters. The molecule has 20 heavy (non-hydrogen) atoms. The van der Waals surface area contributed by atoms with E-state index in [2.05, 4.69) is 16.6 Å². The average Bonchev–Trinajstić information content (AvgIpc) is 3.01. The molecule has 2 rings (SSSR count). The Kier molecular flexibility index (Phi) is 5.68. The monoisotopic (exact) mass is 289 g/mol. The van der Waals surface area contributed by atoms with Gasteiger partial charge in [-0.3, -0.25) is 9.78 Å². The first-order chi connectivity index (χ1) is 9.81. The van der Waals surface area contributed by atoms with E-state index < -0.39 is 0 Å². The number of amides is 1. The fraction of sp³-hybridized carbons (Fsp3) is 0.333. The van der Waals surface area contributed by atoms with Crippen LogP contribution in [-0.4, -0.2) is 27.5 Å². The van der Waals surface area contributed by atoms with Gasteiger partial charge in [0.1, 0.15) is 6.04 Å². The number of carbonyl (C=O) groups excluding carboxylic acids is 1. The van der Waals surface area contributed by atoms with Crippen molar-refractivity contribution in [3.63, 3.8) is 0 Å². The second kappa shape index (κ2) is 7.75. The molecule has 4 nitrogen and oxygen atoms in total. The van der Waals surface area contributed by atoms with Gasteiger partial charge in [0.25, 0.3) is 0 Å². The van der Waals surface area contributed by atoms with Crippen LogP contribution in [0.4, 0.5) is 0 Å². The minimum atomic E-state index is -0.144. The number of carbonyl (C=O) groups is 1. The van der Waals surface area contributed by atoms with Crippen LogP contribution < -0.4 is 5.32 Å². The van der Waals surface area contributed by atoms with E-state index in [9.17, 15) is 4.79 Å². The van der Waals surface area contributed by atoms with Gasteiger partial charge in [-0.2, -0.15) is 11.8 Å². The summed E-state index contributed by atoms with van der Waals surface area (Å²) in [5, 5.41) is 2.99. The molecule has 106 valence electrons. The Morgan fingerprint density at radius 3 is 2.85 bits per heavy atom. The Labute approximate surface area is 123 Å². The van der Waals surface area contributed by atoms with Crippen molar-refractivity contribution in [2.24, 2.45) is 0 Å². The maximum atomic E-state index is 12.4. The quantitative estimate of drug-likeness (QED) is 0.852. The molecule has 2 aromatic heterocycles. The van der Waals surface area contributed by atoms with Crippen molar-refractivity contribution in [2.45, 2.75) is 19.0 Å². The number of nitrogens with zero attached hydrogens (tertiary/aromatic N) is 2. The highest BCUT2D eigenvalue weighted by molar-refractivity contribution is 7.98. The van der Waals surface area contributed by atoms with Gasteiger partial charge >= 0.3 is 0 Å². The fourth-order valence-corrected chi connectivity index (χ4v) is 2.47. The average molecular weight is 289 g/mol. The highest BCUT2D eigenvalue weighted by Crippen LogP contribution is 2.15. The number of thioether (sulfide) groups is 1. The predicted octanol–water partition coefficient (Wildman–Crippen LogP) is 2.49. The van der Waals surface area contributed by atoms with Gasteiger partial charge in [0, 0.05) is 31.3 Å². The highest BCUT2D eigenvalue weighted by atomic mass is 32.2. The highest BCUT2D eigenvalue weighted by Gasteiger charge is 2.18. The number of hydrogen-bond donors (Lipinski definition) is 1. The molecule has 0 radical (unpaired) electrons. The zero-order valence-electron chi connectivity index (χ0n) is 11.5. The lowest BCUT2D eigenvalue weighted by atomic mass is 10.2. The molecule has 0 aromatic carbocycles. The van der Waals surface area contributed by atoms with Crippen LogP contribution >= 0.6 is 11.8 Å². The lowest BCUT2D eigenvalue weighted by molar-refractivity contribution is -0.124. The van der Waals surface area contributed by atoms with Gasteiger partial charge < -0.3 is 9.88 Å². The summed E-state index contributed by atoms with van der Waals surface area (Å²) < 4.78 is 1.97. The Bertz CT molecular complexity index is 513. The molecule has 0 fully saturated rings. The van der Waals surface area contributed by atoms with Crippen molar-refractivity contribution >= 4 is 17.7 Å². The second-order valence-corrected chi connectivity index (χ2v) is 5.49. The topological polar surface area (TPSA) is 46.9 Å². The van der Waals surface area contributed by atoms with E-state index in [0.717, 1.165) is 17.7 Å². The zero-order chi connectivity index (χ0) is 14.2. The van der Waals surface area contributed by atoms with Gasteiger partial charge in [-0.1, -0.05) is 6.07 Å². The summed E-state index contributed by atoms with van der Waals surface area (Å²) in [5.74, 6) is 1.02. The third-order valence-electron chi connectivity index (χ3n) is 3.07. The summed E-state index contributed by atoms with van der Waals surface area (Å²) in [5.41, 5.74) is 1.01. The molecule has 0 saturated carbocycles. The molecule has 0 aliphatic rings. The number of hydrogen-bond acceptors (Lipinski definition) is 3. The van der Waals surface area contributed by atoms with E-state index in [1.54, 1.807) is 24.2 Å². The molecule has 2 aromatic rings. The normalized spacial score (nSPS) is 12.1. The van der Waals surface area contributed by atoms with Crippen LogP contribution in [-0.2, 0) is 11.3 Å². The first-order valence-corrected chi connectivity index (χ1v) is 7.98. The summed E-state index contributed by atoms with van der Waals surface area (Å²) in [6.07, 6.45) is 10.3. The van der Waals surface area contributed by atoms with Gasteiger partial charge in [-0.05, 0) is 42.2 Å². The zero-order valence-corrected chi connectivity index (χ0v) is 12.3. The van der Waals surface area contributed by atoms with Crippen LogP contribution in [0.5, 0.6) is 0 Å². The van der Waals surface area contributed by atoms with Crippen molar-refractivity contribution in [3.8, 4) is 0 Å². The van der Waals surface area contributed by atoms with Crippen LogP contribution in [0.2, 0.25) is 0 Å². The first kappa shape index (κ1) is 14.7. The smallest absolute Gasteiger partial charge is 0.243 e. The van der Waals surface area contributed by atoms with E-state index >= 15 is 0 Å². The summed E-state index contributed by atoms with van der Waals surface area (Å²) in [7, 11) is 0. The minimum absolute atomic E-state index is 0.0547. The van der Waals surface area contributed by atoms with Gasteiger partial charge in [-0.25, -0.2) is 0 Å². The van der Waals surface area contributed by atoms with Crippen molar-refractivity contribution in [1.82, 2.24) is 14.9 Å². The van der Waals surface area contributed by atoms with Gasteiger partial charge in [-0.15, -0.1) is 0 Å². The Morgan fingerprint density at radius 2 is 2.20 bits per heavy atom. The number of nitrogens with one attached hydrogen (secondary N) is 1. The van der Waals surface area contributed by atoms with Crippen molar-refractivity contribution in [1.29, 1.82) is 0 Å². The lowest BCUT2D eigenvalue weighted by Gasteiger charge is -2.18. The summed E-state index contributed by atoms with van der Waals surface area (Å²) in [4.78, 5) is 16.4. The molecule has 0 spiro atoms. The maximum absolute atomic E-state index is 12.4. The largest absolute Gasteiger partial charge is 0.350 e. The second-order valence-electron chi connectivity index (χ2n) is 4.51. The predicted molar refractivity (Wildman–Crippen MR) is 82.6 cm³/mol. The molecule has 0 aliphatic heterocycles. The molecular formula is C15H19N3OS. The number of rotatable bonds is 7. The van der Waals surface area contributed by atoms with E-state index in [4.69, 9.17) is 0 Å². The molecule has 0 unspecified atom stereocenters. The van der Waals surface area contributed by atoms with Crippen LogP contribution in [0.15, 0.2) is 49.1 Å². The van der Waals surface area contributed by atoms with E-state index in [0.29, 0.717) is 6.54 Å². The van der Waals surface area contributed by atoms with Gasteiger partial charge in [0.05, 0.1) is 0 Å². The maximum Gasteiger partial charge on any atom is 0.243 e. The summed E-state index contributed by atoms with van der Waals surface area (Å²) in [6.45, 7) is 0.518. The molecule has 1 N–H and O–H groups in total. The lowest BCUT2D eigenvalue weighted by Crippen LogP contribution is -2.32. The molecule has 0 saturated heterocycles. The third kappa shape index (κ3) is 4.13. The Balaban J connectivity index is 1.96. The van der Waals surface area contributed by atoms with Gasteiger partial charge in [0.15, 0.2) is 0 Å². The van der Waals surface area contributed by atoms with Gasteiger partial charge in [0.2, 0.25) is 5.91 Å². The molecule has 2 heterocycles. The number of pyridine rings is 1. The summed E-state index contributed by atoms with van der Waals surface area (Å²) in [6, 6.07) is 7.58. The molecule has 0 aliphatic carbocycles. The fourth-order valence-electron chi connectivity index (χ4n) is 2.01. The Morgan fingerprint density at radius 1 is 1.40 bits per heavy atom. The Hall–Kier alpha value is -1.75. The molecule has 5 heteroatoms. The van der Waals surface area contributed by atoms with Crippen molar-refractivity contribution in [2.75, 3.05) is 12.0 Å². The molecular weight excluding hydrogens is 270 g/mol. The SMILES string of the molecule is CSCC[C@@H](C(=O)NCc1cccnc1)n1cccc1. The molecule has 1 amide bonds. The van der Waals surface area contributed by atoms with Crippen LogP contribution in [0, 0.1) is 0 Å². The summed E-state index contributed by atoms with van der Waals surface area (Å²) >= 11 is 1.76. The molecule has 0 bridgehead atoms. The van der Waals surface area contributed by atoms with Crippen LogP contribution in [0.25, 0.3) is 0 Å². The van der Waals surface area contributed by atoms with E-state index in [1.165, 1.54) is 0 Å². The van der Waals surface area contributed by atoms with E-state index in [-0.39, 0.29) is 11.9 Å².